The quantitative estimate of drug-likeness (QED) is 0.620. The van der Waals surface area contributed by atoms with Gasteiger partial charge in [0.2, 0.25) is 0 Å². The maximum absolute atomic E-state index is 10.6. The molecular formula is C15H16N2O4S. The third kappa shape index (κ3) is 4.63. The third-order valence-corrected chi connectivity index (χ3v) is 3.54. The van der Waals surface area contributed by atoms with Crippen molar-refractivity contribution in [3.05, 3.63) is 41.9 Å². The van der Waals surface area contributed by atoms with Crippen LogP contribution in [0.4, 0.5) is 0 Å². The third-order valence-electron chi connectivity index (χ3n) is 2.65. The molecule has 0 amide bonds. The van der Waals surface area contributed by atoms with Crippen molar-refractivity contribution in [3.63, 3.8) is 0 Å². The summed E-state index contributed by atoms with van der Waals surface area (Å²) in [6, 6.07) is 9.06. The smallest absolute Gasteiger partial charge is 0.313 e. The summed E-state index contributed by atoms with van der Waals surface area (Å²) in [6.07, 6.45) is 0. The Hall–Kier alpha value is -2.28. The van der Waals surface area contributed by atoms with Gasteiger partial charge in [-0.25, -0.2) is 9.97 Å². The summed E-state index contributed by atoms with van der Waals surface area (Å²) in [7, 11) is 1.58. The standard InChI is InChI=1S/C15H16N2O4S/c1-10-7-14(22-9-15(18)19)17-13(16-10)8-21-12-6-4-3-5-11(12)20-2/h3-7H,8-9H2,1-2H3,(H,18,19). The molecule has 0 fully saturated rings. The zero-order valence-electron chi connectivity index (χ0n) is 12.3. The van der Waals surface area contributed by atoms with E-state index in [0.29, 0.717) is 22.3 Å². The molecule has 0 atom stereocenters. The summed E-state index contributed by atoms with van der Waals surface area (Å²) in [5.41, 5.74) is 0.765. The second kappa shape index (κ2) is 7.65. The number of para-hydroxylation sites is 2. The Kier molecular flexibility index (Phi) is 5.60. The monoisotopic (exact) mass is 320 g/mol. The molecule has 2 rings (SSSR count). The molecule has 2 aromatic rings. The van der Waals surface area contributed by atoms with Gasteiger partial charge in [-0.3, -0.25) is 4.79 Å². The topological polar surface area (TPSA) is 81.5 Å². The second-order valence-electron chi connectivity index (χ2n) is 4.39. The van der Waals surface area contributed by atoms with E-state index in [-0.39, 0.29) is 12.4 Å². The van der Waals surface area contributed by atoms with E-state index in [4.69, 9.17) is 14.6 Å². The van der Waals surface area contributed by atoms with Crippen molar-refractivity contribution >= 4 is 17.7 Å². The number of aryl methyl sites for hydroxylation is 1. The highest BCUT2D eigenvalue weighted by atomic mass is 32.2. The van der Waals surface area contributed by atoms with Gasteiger partial charge in [0.1, 0.15) is 11.6 Å². The lowest BCUT2D eigenvalue weighted by Crippen LogP contribution is -2.05. The highest BCUT2D eigenvalue weighted by Crippen LogP contribution is 2.26. The summed E-state index contributed by atoms with van der Waals surface area (Å²) < 4.78 is 10.9. The molecule has 22 heavy (non-hydrogen) atoms. The SMILES string of the molecule is COc1ccccc1OCc1nc(C)cc(SCC(=O)O)n1. The van der Waals surface area contributed by atoms with Crippen LogP contribution in [0.2, 0.25) is 0 Å². The molecule has 1 heterocycles. The fourth-order valence-corrected chi connectivity index (χ4v) is 2.45. The number of benzene rings is 1. The molecule has 0 saturated carbocycles. The lowest BCUT2D eigenvalue weighted by molar-refractivity contribution is -0.133. The van der Waals surface area contributed by atoms with Crippen LogP contribution < -0.4 is 9.47 Å². The van der Waals surface area contributed by atoms with Crippen molar-refractivity contribution in [1.29, 1.82) is 0 Å². The summed E-state index contributed by atoms with van der Waals surface area (Å²) in [4.78, 5) is 19.2. The Morgan fingerprint density at radius 2 is 2.00 bits per heavy atom. The van der Waals surface area contributed by atoms with Gasteiger partial charge >= 0.3 is 5.97 Å². The van der Waals surface area contributed by atoms with Gasteiger partial charge < -0.3 is 14.6 Å². The molecule has 0 radical (unpaired) electrons. The predicted octanol–water partition coefficient (Wildman–Crippen LogP) is 2.55. The number of rotatable bonds is 7. The van der Waals surface area contributed by atoms with Gasteiger partial charge in [0.05, 0.1) is 12.9 Å². The lowest BCUT2D eigenvalue weighted by Gasteiger charge is -2.10. The maximum atomic E-state index is 10.6. The summed E-state index contributed by atoms with van der Waals surface area (Å²) in [5.74, 6) is 0.820. The molecule has 1 aromatic heterocycles. The molecule has 116 valence electrons. The highest BCUT2D eigenvalue weighted by Gasteiger charge is 2.08. The van der Waals surface area contributed by atoms with Crippen LogP contribution in [0.5, 0.6) is 11.5 Å². The van der Waals surface area contributed by atoms with E-state index in [1.807, 2.05) is 19.1 Å². The van der Waals surface area contributed by atoms with E-state index in [0.717, 1.165) is 17.5 Å². The first kappa shape index (κ1) is 16.1. The normalized spacial score (nSPS) is 10.3. The van der Waals surface area contributed by atoms with Crippen LogP contribution in [-0.2, 0) is 11.4 Å². The van der Waals surface area contributed by atoms with Crippen LogP contribution in [0.15, 0.2) is 35.4 Å². The van der Waals surface area contributed by atoms with Crippen LogP contribution in [0.25, 0.3) is 0 Å². The Morgan fingerprint density at radius 3 is 2.68 bits per heavy atom. The largest absolute Gasteiger partial charge is 0.493 e. The van der Waals surface area contributed by atoms with Crippen molar-refractivity contribution in [3.8, 4) is 11.5 Å². The molecule has 0 aliphatic heterocycles. The molecule has 1 aromatic carbocycles. The van der Waals surface area contributed by atoms with Crippen LogP contribution >= 0.6 is 11.8 Å². The summed E-state index contributed by atoms with van der Waals surface area (Å²) in [5, 5.41) is 9.34. The Morgan fingerprint density at radius 1 is 1.27 bits per heavy atom. The number of carboxylic acid groups (broad SMARTS) is 1. The molecular weight excluding hydrogens is 304 g/mol. The van der Waals surface area contributed by atoms with Gasteiger partial charge in [-0.15, -0.1) is 0 Å². The van der Waals surface area contributed by atoms with Gasteiger partial charge in [-0.2, -0.15) is 0 Å². The fraction of sp³-hybridized carbons (Fsp3) is 0.267. The molecule has 0 spiro atoms. The van der Waals surface area contributed by atoms with E-state index in [1.165, 1.54) is 0 Å². The van der Waals surface area contributed by atoms with Crippen molar-refractivity contribution < 1.29 is 19.4 Å². The number of hydrogen-bond acceptors (Lipinski definition) is 6. The van der Waals surface area contributed by atoms with E-state index in [1.54, 1.807) is 25.3 Å². The zero-order valence-corrected chi connectivity index (χ0v) is 13.1. The first-order valence-corrected chi connectivity index (χ1v) is 7.52. The minimum absolute atomic E-state index is 0.0384. The number of methoxy groups -OCH3 is 1. The average molecular weight is 320 g/mol. The van der Waals surface area contributed by atoms with Gasteiger partial charge in [0, 0.05) is 5.69 Å². The number of aliphatic carboxylic acids is 1. The van der Waals surface area contributed by atoms with Crippen LogP contribution in [0, 0.1) is 6.92 Å². The van der Waals surface area contributed by atoms with E-state index in [2.05, 4.69) is 9.97 Å². The minimum atomic E-state index is -0.881. The lowest BCUT2D eigenvalue weighted by atomic mass is 10.3. The number of hydrogen-bond donors (Lipinski definition) is 1. The number of thioether (sulfide) groups is 1. The number of nitrogens with zero attached hydrogens (tertiary/aromatic N) is 2. The molecule has 0 bridgehead atoms. The number of aromatic nitrogens is 2. The van der Waals surface area contributed by atoms with E-state index < -0.39 is 5.97 Å². The van der Waals surface area contributed by atoms with Gasteiger partial charge in [0.15, 0.2) is 17.3 Å². The summed E-state index contributed by atoms with van der Waals surface area (Å²) >= 11 is 1.16. The Balaban J connectivity index is 2.07. The van der Waals surface area contributed by atoms with Crippen molar-refractivity contribution in [2.45, 2.75) is 18.6 Å². The minimum Gasteiger partial charge on any atom is -0.493 e. The molecule has 1 N–H and O–H groups in total. The van der Waals surface area contributed by atoms with Crippen molar-refractivity contribution in [2.24, 2.45) is 0 Å². The predicted molar refractivity (Wildman–Crippen MR) is 82.5 cm³/mol. The highest BCUT2D eigenvalue weighted by molar-refractivity contribution is 7.99. The second-order valence-corrected chi connectivity index (χ2v) is 5.38. The number of carboxylic acids is 1. The molecule has 0 unspecified atom stereocenters. The van der Waals surface area contributed by atoms with Gasteiger partial charge in [-0.05, 0) is 25.1 Å². The summed E-state index contributed by atoms with van der Waals surface area (Å²) in [6.45, 7) is 2.02. The maximum Gasteiger partial charge on any atom is 0.313 e. The fourth-order valence-electron chi connectivity index (χ4n) is 1.75. The first-order chi connectivity index (χ1) is 10.6. The van der Waals surface area contributed by atoms with E-state index >= 15 is 0 Å². The van der Waals surface area contributed by atoms with Crippen LogP contribution in [-0.4, -0.2) is 33.9 Å². The number of carbonyl (C=O) groups is 1. The van der Waals surface area contributed by atoms with Gasteiger partial charge in [0.25, 0.3) is 0 Å². The molecule has 6 nitrogen and oxygen atoms in total. The first-order valence-electron chi connectivity index (χ1n) is 6.53. The van der Waals surface area contributed by atoms with Crippen LogP contribution in [0.3, 0.4) is 0 Å². The average Bonchev–Trinajstić information content (AvgIpc) is 2.50. The van der Waals surface area contributed by atoms with E-state index in [9.17, 15) is 4.79 Å². The van der Waals surface area contributed by atoms with Crippen molar-refractivity contribution in [2.75, 3.05) is 12.9 Å². The van der Waals surface area contributed by atoms with Crippen LogP contribution in [0.1, 0.15) is 11.5 Å². The zero-order chi connectivity index (χ0) is 15.9. The Labute approximate surface area is 132 Å². The Bertz CT molecular complexity index is 664. The van der Waals surface area contributed by atoms with Crippen molar-refractivity contribution in [1.82, 2.24) is 9.97 Å². The number of ether oxygens (including phenoxy) is 2. The molecule has 0 aliphatic rings. The molecule has 0 aliphatic carbocycles. The van der Waals surface area contributed by atoms with Gasteiger partial charge in [-0.1, -0.05) is 23.9 Å². The molecule has 7 heteroatoms. The molecule has 0 saturated heterocycles.